The maximum absolute atomic E-state index is 12.2. The van der Waals surface area contributed by atoms with Gasteiger partial charge in [0.05, 0.1) is 18.2 Å². The fourth-order valence-corrected chi connectivity index (χ4v) is 3.02. The number of hydrogen-bond acceptors (Lipinski definition) is 5. The Bertz CT molecular complexity index is 661. The minimum Gasteiger partial charge on any atom is -0.463 e. The monoisotopic (exact) mass is 330 g/mol. The van der Waals surface area contributed by atoms with Crippen molar-refractivity contribution < 1.29 is 24.7 Å². The van der Waals surface area contributed by atoms with Gasteiger partial charge in [-0.05, 0) is 30.1 Å². The highest BCUT2D eigenvalue weighted by Crippen LogP contribution is 2.42. The summed E-state index contributed by atoms with van der Waals surface area (Å²) in [6.07, 6.45) is 1.20. The van der Waals surface area contributed by atoms with E-state index in [0.29, 0.717) is 0 Å². The second kappa shape index (κ2) is 7.34. The molecule has 0 bridgehead atoms. The Morgan fingerprint density at radius 1 is 1.29 bits per heavy atom. The molecule has 0 saturated heterocycles. The molecule has 0 radical (unpaired) electrons. The molecule has 1 aromatic carbocycles. The molecule has 6 heteroatoms. The molecule has 1 aliphatic carbocycles. The first kappa shape index (κ1) is 18.5. The number of esters is 1. The van der Waals surface area contributed by atoms with Gasteiger partial charge in [0.15, 0.2) is 0 Å². The van der Waals surface area contributed by atoms with Gasteiger partial charge < -0.3 is 19.9 Å². The van der Waals surface area contributed by atoms with Crippen LogP contribution in [0.4, 0.5) is 0 Å². The first-order valence-corrected chi connectivity index (χ1v) is 7.99. The van der Waals surface area contributed by atoms with Crippen LogP contribution < -0.4 is 0 Å². The standard InChI is InChI=1S/C18H23BO5/c1-4-24-17(21)15(19(22)23)14-10-13(11-18(2,3)16(14)20)12-8-6-5-7-9-12/h5-9,11,16,20,22-23H,4,10H2,1-3H3/b15-14-. The summed E-state index contributed by atoms with van der Waals surface area (Å²) >= 11 is 0. The first-order valence-electron chi connectivity index (χ1n) is 7.99. The Labute approximate surface area is 142 Å². The number of rotatable bonds is 4. The molecule has 0 spiro atoms. The molecule has 0 aliphatic heterocycles. The number of allylic oxidation sites excluding steroid dienone is 1. The second-order valence-electron chi connectivity index (χ2n) is 6.47. The Balaban J connectivity index is 2.56. The van der Waals surface area contributed by atoms with Crippen molar-refractivity contribution in [1.82, 2.24) is 0 Å². The number of hydrogen-bond donors (Lipinski definition) is 3. The fourth-order valence-electron chi connectivity index (χ4n) is 3.02. The molecule has 128 valence electrons. The van der Waals surface area contributed by atoms with Crippen LogP contribution in [0.5, 0.6) is 0 Å². The van der Waals surface area contributed by atoms with Crippen LogP contribution in [0.15, 0.2) is 47.5 Å². The highest BCUT2D eigenvalue weighted by Gasteiger charge is 2.39. The second-order valence-corrected chi connectivity index (χ2v) is 6.47. The third kappa shape index (κ3) is 3.78. The van der Waals surface area contributed by atoms with Gasteiger partial charge in [0.25, 0.3) is 0 Å². The van der Waals surface area contributed by atoms with Gasteiger partial charge in [-0.25, -0.2) is 4.79 Å². The van der Waals surface area contributed by atoms with Crippen LogP contribution in [0.25, 0.3) is 5.57 Å². The van der Waals surface area contributed by atoms with Crippen molar-refractivity contribution in [2.45, 2.75) is 33.3 Å². The molecule has 1 atom stereocenters. The summed E-state index contributed by atoms with van der Waals surface area (Å²) in [4.78, 5) is 12.2. The molecule has 1 aromatic rings. The maximum atomic E-state index is 12.2. The predicted molar refractivity (Wildman–Crippen MR) is 92.7 cm³/mol. The molecule has 2 rings (SSSR count). The third-order valence-corrected chi connectivity index (χ3v) is 4.21. The number of ether oxygens (including phenoxy) is 1. The molecule has 0 amide bonds. The molecule has 24 heavy (non-hydrogen) atoms. The zero-order chi connectivity index (χ0) is 17.9. The summed E-state index contributed by atoms with van der Waals surface area (Å²) in [5.41, 5.74) is 1.23. The van der Waals surface area contributed by atoms with Gasteiger partial charge in [-0.1, -0.05) is 50.3 Å². The number of benzene rings is 1. The van der Waals surface area contributed by atoms with E-state index in [4.69, 9.17) is 4.74 Å². The third-order valence-electron chi connectivity index (χ3n) is 4.21. The van der Waals surface area contributed by atoms with E-state index in [9.17, 15) is 19.9 Å². The van der Waals surface area contributed by atoms with Gasteiger partial charge in [-0.15, -0.1) is 0 Å². The van der Waals surface area contributed by atoms with E-state index in [1.54, 1.807) is 6.92 Å². The molecule has 0 heterocycles. The Morgan fingerprint density at radius 2 is 1.92 bits per heavy atom. The average molecular weight is 330 g/mol. The molecular weight excluding hydrogens is 307 g/mol. The number of carbonyl (C=O) groups excluding carboxylic acids is 1. The first-order chi connectivity index (χ1) is 11.3. The summed E-state index contributed by atoms with van der Waals surface area (Å²) in [5.74, 6) is -0.813. The molecule has 3 N–H and O–H groups in total. The van der Waals surface area contributed by atoms with Crippen molar-refractivity contribution in [1.29, 1.82) is 0 Å². The SMILES string of the molecule is CCOC(=O)/C(B(O)O)=C1\CC(c2ccccc2)=CC(C)(C)C1O. The molecule has 0 fully saturated rings. The van der Waals surface area contributed by atoms with E-state index >= 15 is 0 Å². The number of carbonyl (C=O) groups is 1. The minimum atomic E-state index is -2.00. The number of aliphatic hydroxyl groups is 1. The van der Waals surface area contributed by atoms with Crippen LogP contribution in [0.2, 0.25) is 0 Å². The van der Waals surface area contributed by atoms with Crippen LogP contribution in [-0.2, 0) is 9.53 Å². The van der Waals surface area contributed by atoms with E-state index in [1.165, 1.54) is 0 Å². The van der Waals surface area contributed by atoms with Gasteiger partial charge in [-0.3, -0.25) is 0 Å². The minimum absolute atomic E-state index is 0.114. The van der Waals surface area contributed by atoms with Crippen molar-refractivity contribution in [2.75, 3.05) is 6.61 Å². The van der Waals surface area contributed by atoms with E-state index in [0.717, 1.165) is 11.1 Å². The summed E-state index contributed by atoms with van der Waals surface area (Å²) < 4.78 is 4.93. The molecular formula is C18H23BO5. The largest absolute Gasteiger partial charge is 0.495 e. The van der Waals surface area contributed by atoms with Crippen LogP contribution in [0, 0.1) is 5.41 Å². The van der Waals surface area contributed by atoms with Crippen molar-refractivity contribution in [3.8, 4) is 0 Å². The lowest BCUT2D eigenvalue weighted by Crippen LogP contribution is -2.37. The Kier molecular flexibility index (Phi) is 5.64. The highest BCUT2D eigenvalue weighted by molar-refractivity contribution is 6.58. The van der Waals surface area contributed by atoms with Crippen LogP contribution in [0.1, 0.15) is 32.8 Å². The lowest BCUT2D eigenvalue weighted by molar-refractivity contribution is -0.138. The average Bonchev–Trinajstić information content (AvgIpc) is 2.52. The molecule has 1 unspecified atom stereocenters. The topological polar surface area (TPSA) is 87.0 Å². The molecule has 0 aromatic heterocycles. The van der Waals surface area contributed by atoms with Gasteiger partial charge in [-0.2, -0.15) is 0 Å². The van der Waals surface area contributed by atoms with Gasteiger partial charge in [0.2, 0.25) is 0 Å². The quantitative estimate of drug-likeness (QED) is 0.445. The van der Waals surface area contributed by atoms with E-state index < -0.39 is 24.6 Å². The lowest BCUT2D eigenvalue weighted by atomic mass is 9.66. The van der Waals surface area contributed by atoms with Crippen molar-refractivity contribution in [3.05, 3.63) is 53.0 Å². The van der Waals surface area contributed by atoms with Gasteiger partial charge >= 0.3 is 13.1 Å². The van der Waals surface area contributed by atoms with Gasteiger partial charge in [0.1, 0.15) is 0 Å². The Morgan fingerprint density at radius 3 is 2.46 bits per heavy atom. The summed E-state index contributed by atoms with van der Waals surface area (Å²) in [5, 5.41) is 30.0. The van der Waals surface area contributed by atoms with E-state index in [1.807, 2.05) is 50.3 Å². The van der Waals surface area contributed by atoms with Crippen LogP contribution in [-0.4, -0.2) is 41.0 Å². The molecule has 0 saturated carbocycles. The summed E-state index contributed by atoms with van der Waals surface area (Å²) in [6.45, 7) is 5.43. The molecule has 1 aliphatic rings. The van der Waals surface area contributed by atoms with Crippen LogP contribution in [0.3, 0.4) is 0 Å². The molecule has 5 nitrogen and oxygen atoms in total. The summed E-state index contributed by atoms with van der Waals surface area (Å²) in [6, 6.07) is 9.61. The van der Waals surface area contributed by atoms with Crippen molar-refractivity contribution >= 4 is 18.7 Å². The van der Waals surface area contributed by atoms with Gasteiger partial charge in [0, 0.05) is 5.41 Å². The van der Waals surface area contributed by atoms with Crippen molar-refractivity contribution in [3.63, 3.8) is 0 Å². The Hall–Kier alpha value is -1.89. The number of aliphatic hydroxyl groups excluding tert-OH is 1. The zero-order valence-corrected chi connectivity index (χ0v) is 14.2. The normalized spacial score (nSPS) is 21.8. The smallest absolute Gasteiger partial charge is 0.463 e. The van der Waals surface area contributed by atoms with Crippen LogP contribution >= 0.6 is 0 Å². The van der Waals surface area contributed by atoms with E-state index in [2.05, 4.69) is 0 Å². The zero-order valence-electron chi connectivity index (χ0n) is 14.2. The van der Waals surface area contributed by atoms with E-state index in [-0.39, 0.29) is 24.1 Å². The lowest BCUT2D eigenvalue weighted by Gasteiger charge is -2.36. The van der Waals surface area contributed by atoms with Crippen molar-refractivity contribution in [2.24, 2.45) is 5.41 Å². The predicted octanol–water partition coefficient (Wildman–Crippen LogP) is 1.73. The summed E-state index contributed by atoms with van der Waals surface area (Å²) in [7, 11) is -2.00. The fraction of sp³-hybridized carbons (Fsp3) is 0.389. The maximum Gasteiger partial charge on any atom is 0.495 e. The highest BCUT2D eigenvalue weighted by atomic mass is 16.5.